The molecule has 0 aliphatic carbocycles. The molecule has 3 nitrogen and oxygen atoms in total. The lowest BCUT2D eigenvalue weighted by molar-refractivity contribution is 0.345. The van der Waals surface area contributed by atoms with Crippen molar-refractivity contribution in [3.63, 3.8) is 0 Å². The second-order valence-electron chi connectivity index (χ2n) is 5.57. The van der Waals surface area contributed by atoms with Crippen LogP contribution in [0, 0.1) is 0 Å². The van der Waals surface area contributed by atoms with E-state index in [1.54, 1.807) is 7.11 Å². The minimum Gasteiger partial charge on any atom is -0.495 e. The average molecular weight is 248 g/mol. The van der Waals surface area contributed by atoms with E-state index in [0.717, 1.165) is 31.8 Å². The van der Waals surface area contributed by atoms with Crippen LogP contribution in [-0.2, 0) is 0 Å². The van der Waals surface area contributed by atoms with Crippen molar-refractivity contribution in [1.29, 1.82) is 0 Å². The highest BCUT2D eigenvalue weighted by atomic mass is 16.5. The highest BCUT2D eigenvalue weighted by Crippen LogP contribution is 2.29. The number of rotatable bonds is 2. The van der Waals surface area contributed by atoms with E-state index in [2.05, 4.69) is 36.2 Å². The van der Waals surface area contributed by atoms with E-state index in [1.165, 1.54) is 12.1 Å². The Hall–Kier alpha value is -1.22. The fourth-order valence-electron chi connectivity index (χ4n) is 2.44. The van der Waals surface area contributed by atoms with E-state index in [4.69, 9.17) is 4.74 Å². The Labute approximate surface area is 110 Å². The lowest BCUT2D eigenvalue weighted by Gasteiger charge is -2.35. The summed E-state index contributed by atoms with van der Waals surface area (Å²) in [6, 6.07) is 8.30. The van der Waals surface area contributed by atoms with Gasteiger partial charge in [-0.2, -0.15) is 0 Å². The van der Waals surface area contributed by atoms with Crippen molar-refractivity contribution < 1.29 is 4.74 Å². The molecule has 0 unspecified atom stereocenters. The molecule has 1 N–H and O–H groups in total. The quantitative estimate of drug-likeness (QED) is 0.871. The normalized spacial score (nSPS) is 20.1. The number of methoxy groups -OCH3 is 1. The monoisotopic (exact) mass is 248 g/mol. The molecule has 1 aromatic carbocycles. The Kier molecular flexibility index (Phi) is 4.12. The second kappa shape index (κ2) is 5.61. The van der Waals surface area contributed by atoms with Crippen molar-refractivity contribution >= 4 is 5.69 Å². The zero-order chi connectivity index (χ0) is 13.0. The summed E-state index contributed by atoms with van der Waals surface area (Å²) in [5.41, 5.74) is 1.44. The molecule has 100 valence electrons. The van der Waals surface area contributed by atoms with Gasteiger partial charge in [0.15, 0.2) is 0 Å². The van der Waals surface area contributed by atoms with Crippen LogP contribution >= 0.6 is 0 Å². The van der Waals surface area contributed by atoms with Crippen molar-refractivity contribution in [2.24, 2.45) is 0 Å². The van der Waals surface area contributed by atoms with Crippen LogP contribution in [0.3, 0.4) is 0 Å². The van der Waals surface area contributed by atoms with Crippen LogP contribution in [0.5, 0.6) is 5.75 Å². The van der Waals surface area contributed by atoms with E-state index in [9.17, 15) is 0 Å². The molecule has 0 spiro atoms. The van der Waals surface area contributed by atoms with Gasteiger partial charge in [0.1, 0.15) is 5.75 Å². The third-order valence-electron chi connectivity index (χ3n) is 3.64. The van der Waals surface area contributed by atoms with E-state index < -0.39 is 0 Å². The third-order valence-corrected chi connectivity index (χ3v) is 3.64. The number of hydrogen-bond acceptors (Lipinski definition) is 3. The van der Waals surface area contributed by atoms with Crippen LogP contribution in [0.2, 0.25) is 0 Å². The van der Waals surface area contributed by atoms with Gasteiger partial charge in [-0.15, -0.1) is 0 Å². The van der Waals surface area contributed by atoms with Gasteiger partial charge < -0.3 is 15.0 Å². The molecule has 0 saturated carbocycles. The molecule has 1 aliphatic rings. The van der Waals surface area contributed by atoms with E-state index in [1.807, 2.05) is 12.1 Å². The van der Waals surface area contributed by atoms with Crippen LogP contribution < -0.4 is 15.0 Å². The highest BCUT2D eigenvalue weighted by Gasteiger charge is 2.22. The molecule has 0 atom stereocenters. The summed E-state index contributed by atoms with van der Waals surface area (Å²) in [5.74, 6) is 0.976. The van der Waals surface area contributed by atoms with Gasteiger partial charge in [0.05, 0.1) is 12.8 Å². The van der Waals surface area contributed by atoms with Gasteiger partial charge in [0.25, 0.3) is 0 Å². The Bertz CT molecular complexity index is 390. The first-order chi connectivity index (χ1) is 8.62. The van der Waals surface area contributed by atoms with Gasteiger partial charge in [-0.25, -0.2) is 0 Å². The maximum absolute atomic E-state index is 5.47. The van der Waals surface area contributed by atoms with E-state index in [0.29, 0.717) is 0 Å². The van der Waals surface area contributed by atoms with Gasteiger partial charge in [-0.1, -0.05) is 12.1 Å². The molecule has 0 aromatic heterocycles. The van der Waals surface area contributed by atoms with Crippen LogP contribution in [0.4, 0.5) is 5.69 Å². The molecule has 0 amide bonds. The standard InChI is InChI=1S/C15H24N2O/c1-15(2)9-12-17(11-6-10-16-15)13-7-4-5-8-14(13)18-3/h4-5,7-8,16H,6,9-12H2,1-3H3. The number of nitrogens with one attached hydrogen (secondary N) is 1. The molecule has 18 heavy (non-hydrogen) atoms. The predicted octanol–water partition coefficient (Wildman–Crippen LogP) is 2.66. The average Bonchev–Trinajstić information content (AvgIpc) is 2.35. The summed E-state index contributed by atoms with van der Waals surface area (Å²) in [6.07, 6.45) is 2.31. The fraction of sp³-hybridized carbons (Fsp3) is 0.600. The van der Waals surface area contributed by atoms with Gasteiger partial charge in [-0.05, 0) is 45.4 Å². The van der Waals surface area contributed by atoms with Crippen LogP contribution in [-0.4, -0.2) is 32.3 Å². The molecule has 0 bridgehead atoms. The van der Waals surface area contributed by atoms with Crippen molar-refractivity contribution in [3.8, 4) is 5.75 Å². The van der Waals surface area contributed by atoms with Gasteiger partial charge >= 0.3 is 0 Å². The van der Waals surface area contributed by atoms with Crippen LogP contribution in [0.1, 0.15) is 26.7 Å². The third kappa shape index (κ3) is 3.16. The summed E-state index contributed by atoms with van der Waals surface area (Å²) in [5, 5.41) is 3.60. The van der Waals surface area contributed by atoms with Gasteiger partial charge in [-0.3, -0.25) is 0 Å². The Morgan fingerprint density at radius 3 is 2.78 bits per heavy atom. The van der Waals surface area contributed by atoms with Crippen molar-refractivity contribution in [2.45, 2.75) is 32.2 Å². The molecule has 2 rings (SSSR count). The number of hydrogen-bond donors (Lipinski definition) is 1. The van der Waals surface area contributed by atoms with Gasteiger partial charge in [0, 0.05) is 18.6 Å². The first-order valence-corrected chi connectivity index (χ1v) is 6.75. The Balaban J connectivity index is 2.15. The number of ether oxygens (including phenoxy) is 1. The van der Waals surface area contributed by atoms with E-state index >= 15 is 0 Å². The minimum absolute atomic E-state index is 0.223. The largest absolute Gasteiger partial charge is 0.495 e. The zero-order valence-corrected chi connectivity index (χ0v) is 11.7. The number of para-hydroxylation sites is 2. The Morgan fingerprint density at radius 2 is 2.00 bits per heavy atom. The van der Waals surface area contributed by atoms with Crippen molar-refractivity contribution in [2.75, 3.05) is 31.6 Å². The first-order valence-electron chi connectivity index (χ1n) is 6.75. The minimum atomic E-state index is 0.223. The topological polar surface area (TPSA) is 24.5 Å². The number of nitrogens with zero attached hydrogens (tertiary/aromatic N) is 1. The zero-order valence-electron chi connectivity index (χ0n) is 11.7. The lowest BCUT2D eigenvalue weighted by Crippen LogP contribution is -2.46. The number of anilines is 1. The molecule has 1 saturated heterocycles. The predicted molar refractivity (Wildman–Crippen MR) is 76.5 cm³/mol. The summed E-state index contributed by atoms with van der Waals surface area (Å²) in [4.78, 5) is 2.45. The molecular formula is C15H24N2O. The summed E-state index contributed by atoms with van der Waals surface area (Å²) in [7, 11) is 1.74. The SMILES string of the molecule is COc1ccccc1N1CCCNC(C)(C)CC1. The van der Waals surface area contributed by atoms with Crippen LogP contribution in [0.25, 0.3) is 0 Å². The van der Waals surface area contributed by atoms with Crippen LogP contribution in [0.15, 0.2) is 24.3 Å². The van der Waals surface area contributed by atoms with Crippen molar-refractivity contribution in [1.82, 2.24) is 5.32 Å². The summed E-state index contributed by atoms with van der Waals surface area (Å²) < 4.78 is 5.47. The van der Waals surface area contributed by atoms with Crippen molar-refractivity contribution in [3.05, 3.63) is 24.3 Å². The summed E-state index contributed by atoms with van der Waals surface area (Å²) in [6.45, 7) is 7.79. The Morgan fingerprint density at radius 1 is 1.22 bits per heavy atom. The molecule has 1 aromatic rings. The second-order valence-corrected chi connectivity index (χ2v) is 5.57. The van der Waals surface area contributed by atoms with E-state index in [-0.39, 0.29) is 5.54 Å². The molecular weight excluding hydrogens is 224 g/mol. The smallest absolute Gasteiger partial charge is 0.142 e. The molecule has 1 aliphatic heterocycles. The lowest BCUT2D eigenvalue weighted by atomic mass is 9.98. The molecule has 3 heteroatoms. The number of benzene rings is 1. The summed E-state index contributed by atoms with van der Waals surface area (Å²) >= 11 is 0. The molecule has 0 radical (unpaired) electrons. The maximum atomic E-state index is 5.47. The fourth-order valence-corrected chi connectivity index (χ4v) is 2.44. The molecule has 1 fully saturated rings. The van der Waals surface area contributed by atoms with Gasteiger partial charge in [0.2, 0.25) is 0 Å². The maximum Gasteiger partial charge on any atom is 0.142 e. The first kappa shape index (κ1) is 13.2. The highest BCUT2D eigenvalue weighted by molar-refractivity contribution is 5.58. The molecule has 1 heterocycles.